The van der Waals surface area contributed by atoms with Crippen LogP contribution in [-0.4, -0.2) is 96.7 Å². The number of aliphatic hydroxyl groups is 1. The lowest BCUT2D eigenvalue weighted by Gasteiger charge is -2.21. The van der Waals surface area contributed by atoms with Crippen LogP contribution in [-0.2, 0) is 65.4 Å². The highest BCUT2D eigenvalue weighted by atomic mass is 31.2. The van der Waals surface area contributed by atoms with E-state index in [1.807, 2.05) is 0 Å². The number of carbonyl (C=O) groups excluding carboxylic acids is 4. The van der Waals surface area contributed by atoms with Gasteiger partial charge in [-0.1, -0.05) is 273 Å². The molecule has 498 valence electrons. The summed E-state index contributed by atoms with van der Waals surface area (Å²) < 4.78 is 67.9. The Morgan fingerprint density at radius 1 is 0.333 bits per heavy atom. The van der Waals surface area contributed by atoms with Gasteiger partial charge in [-0.2, -0.15) is 0 Å². The minimum Gasteiger partial charge on any atom is -0.462 e. The van der Waals surface area contributed by atoms with Gasteiger partial charge in [-0.25, -0.2) is 9.13 Å². The van der Waals surface area contributed by atoms with Gasteiger partial charge < -0.3 is 33.8 Å². The summed E-state index contributed by atoms with van der Waals surface area (Å²) in [6, 6.07) is 0. The molecule has 0 radical (unpaired) electrons. The van der Waals surface area contributed by atoms with Crippen molar-refractivity contribution in [2.24, 2.45) is 11.8 Å². The van der Waals surface area contributed by atoms with Gasteiger partial charge in [0.1, 0.15) is 19.3 Å². The molecule has 0 saturated carbocycles. The Bertz CT molecular complexity index is 1650. The number of hydrogen-bond acceptors (Lipinski definition) is 15. The van der Waals surface area contributed by atoms with Gasteiger partial charge in [0.2, 0.25) is 0 Å². The molecule has 17 nitrogen and oxygen atoms in total. The lowest BCUT2D eigenvalue weighted by atomic mass is 10.00. The van der Waals surface area contributed by atoms with E-state index in [9.17, 15) is 43.2 Å². The van der Waals surface area contributed by atoms with E-state index in [2.05, 4.69) is 41.5 Å². The van der Waals surface area contributed by atoms with Crippen LogP contribution in [0.3, 0.4) is 0 Å². The molecular formula is C65H126O17P2. The van der Waals surface area contributed by atoms with Gasteiger partial charge in [0.05, 0.1) is 26.4 Å². The van der Waals surface area contributed by atoms with Gasteiger partial charge in [0.15, 0.2) is 12.2 Å². The molecule has 0 fully saturated rings. The average molecular weight is 1240 g/mol. The maximum atomic E-state index is 13.0. The minimum absolute atomic E-state index is 0.102. The number of phosphoric ester groups is 2. The Balaban J connectivity index is 5.19. The second-order valence-corrected chi connectivity index (χ2v) is 26.9. The van der Waals surface area contributed by atoms with Crippen molar-refractivity contribution in [3.05, 3.63) is 0 Å². The summed E-state index contributed by atoms with van der Waals surface area (Å²) in [7, 11) is -9.88. The summed E-state index contributed by atoms with van der Waals surface area (Å²) >= 11 is 0. The number of aliphatic hydroxyl groups excluding tert-OH is 1. The molecule has 0 spiro atoms. The number of esters is 4. The Kier molecular flexibility index (Phi) is 56.2. The molecule has 7 atom stereocenters. The second-order valence-electron chi connectivity index (χ2n) is 24.0. The fourth-order valence-electron chi connectivity index (χ4n) is 9.64. The third-order valence-corrected chi connectivity index (χ3v) is 17.6. The zero-order valence-electron chi connectivity index (χ0n) is 54.2. The van der Waals surface area contributed by atoms with Crippen molar-refractivity contribution >= 4 is 39.5 Å². The van der Waals surface area contributed by atoms with Gasteiger partial charge >= 0.3 is 39.5 Å². The van der Waals surface area contributed by atoms with Gasteiger partial charge in [-0.3, -0.25) is 37.3 Å². The predicted octanol–water partition coefficient (Wildman–Crippen LogP) is 18.0. The second kappa shape index (κ2) is 57.5. The van der Waals surface area contributed by atoms with Crippen LogP contribution >= 0.6 is 15.6 Å². The first-order valence-electron chi connectivity index (χ1n) is 34.1. The topological polar surface area (TPSA) is 237 Å². The first kappa shape index (κ1) is 82.1. The third-order valence-electron chi connectivity index (χ3n) is 15.7. The highest BCUT2D eigenvalue weighted by Gasteiger charge is 2.30. The van der Waals surface area contributed by atoms with Crippen molar-refractivity contribution in [2.75, 3.05) is 39.6 Å². The zero-order chi connectivity index (χ0) is 62.2. The Morgan fingerprint density at radius 2 is 0.571 bits per heavy atom. The number of phosphoric acid groups is 2. The third kappa shape index (κ3) is 56.6. The molecule has 0 heterocycles. The highest BCUT2D eigenvalue weighted by molar-refractivity contribution is 7.47. The fraction of sp³-hybridized carbons (Fsp3) is 0.938. The average Bonchev–Trinajstić information content (AvgIpc) is 3.50. The van der Waals surface area contributed by atoms with Crippen LogP contribution in [0.4, 0.5) is 0 Å². The van der Waals surface area contributed by atoms with E-state index in [1.54, 1.807) is 0 Å². The molecule has 84 heavy (non-hydrogen) atoms. The number of hydrogen-bond donors (Lipinski definition) is 3. The Morgan fingerprint density at radius 3 is 0.845 bits per heavy atom. The number of unbranched alkanes of at least 4 members (excludes halogenated alkanes) is 32. The van der Waals surface area contributed by atoms with Crippen LogP contribution in [0.25, 0.3) is 0 Å². The van der Waals surface area contributed by atoms with E-state index in [4.69, 9.17) is 37.0 Å². The molecule has 0 aliphatic carbocycles. The van der Waals surface area contributed by atoms with Crippen molar-refractivity contribution < 1.29 is 80.2 Å². The monoisotopic (exact) mass is 1240 g/mol. The van der Waals surface area contributed by atoms with E-state index in [0.29, 0.717) is 25.7 Å². The zero-order valence-corrected chi connectivity index (χ0v) is 56.0. The maximum Gasteiger partial charge on any atom is 0.472 e. The lowest BCUT2D eigenvalue weighted by Crippen LogP contribution is -2.30. The van der Waals surface area contributed by atoms with Crippen molar-refractivity contribution in [2.45, 2.75) is 342 Å². The van der Waals surface area contributed by atoms with Crippen LogP contribution in [0.5, 0.6) is 0 Å². The first-order valence-corrected chi connectivity index (χ1v) is 37.1. The predicted molar refractivity (Wildman–Crippen MR) is 335 cm³/mol. The summed E-state index contributed by atoms with van der Waals surface area (Å²) in [5.41, 5.74) is 0. The highest BCUT2D eigenvalue weighted by Crippen LogP contribution is 2.45. The van der Waals surface area contributed by atoms with E-state index >= 15 is 0 Å². The van der Waals surface area contributed by atoms with Gasteiger partial charge in [0, 0.05) is 25.7 Å². The number of ether oxygens (including phenoxy) is 4. The quantitative estimate of drug-likeness (QED) is 0.0222. The molecule has 3 N–H and O–H groups in total. The van der Waals surface area contributed by atoms with E-state index in [-0.39, 0.29) is 25.7 Å². The molecule has 0 rings (SSSR count). The van der Waals surface area contributed by atoms with Crippen molar-refractivity contribution in [3.63, 3.8) is 0 Å². The van der Waals surface area contributed by atoms with Gasteiger partial charge in [-0.05, 0) is 37.5 Å². The molecule has 0 amide bonds. The smallest absolute Gasteiger partial charge is 0.462 e. The standard InChI is InChI=1S/C65H126O17P2/c1-7-11-13-15-17-18-19-20-21-22-23-24-25-26-28-37-43-49-64(69)81-60(54-76-63(68)48-42-36-31-29-33-39-45-57(5)9-3)55-79-83(71,72)77-51-59(66)52-78-84(73,74)80-56-61(53-75-62(67)47-41-35-27-16-14-12-8-2)82-65(70)50-44-38-32-30-34-40-46-58(6)10-4/h57-61,66H,7-56H2,1-6H3,(H,71,72)(H,73,74)/t57?,58?,59-,60-,61-/m1/s1. The molecule has 0 saturated heterocycles. The van der Waals surface area contributed by atoms with E-state index < -0.39 is 97.5 Å². The van der Waals surface area contributed by atoms with Crippen LogP contribution in [0, 0.1) is 11.8 Å². The number of carbonyl (C=O) groups is 4. The summed E-state index contributed by atoms with van der Waals surface area (Å²) in [4.78, 5) is 72.1. The van der Waals surface area contributed by atoms with Crippen LogP contribution < -0.4 is 0 Å². The summed E-state index contributed by atoms with van der Waals surface area (Å²) in [6.45, 7) is 9.38. The van der Waals surface area contributed by atoms with Crippen molar-refractivity contribution in [3.8, 4) is 0 Å². The largest absolute Gasteiger partial charge is 0.472 e. The van der Waals surface area contributed by atoms with Gasteiger partial charge in [-0.15, -0.1) is 0 Å². The summed E-state index contributed by atoms with van der Waals surface area (Å²) in [5.74, 6) is -0.688. The van der Waals surface area contributed by atoms with Crippen molar-refractivity contribution in [1.29, 1.82) is 0 Å². The normalized spacial score (nSPS) is 14.9. The molecular weight excluding hydrogens is 1110 g/mol. The molecule has 19 heteroatoms. The first-order chi connectivity index (χ1) is 40.4. The van der Waals surface area contributed by atoms with Crippen LogP contribution in [0.1, 0.15) is 324 Å². The molecule has 0 aromatic carbocycles. The van der Waals surface area contributed by atoms with E-state index in [1.165, 1.54) is 122 Å². The number of rotatable bonds is 64. The molecule has 0 aromatic heterocycles. The van der Waals surface area contributed by atoms with Crippen LogP contribution in [0.15, 0.2) is 0 Å². The summed E-state index contributed by atoms with van der Waals surface area (Å²) in [5, 5.41) is 10.5. The van der Waals surface area contributed by atoms with E-state index in [0.717, 1.165) is 121 Å². The van der Waals surface area contributed by atoms with Crippen LogP contribution in [0.2, 0.25) is 0 Å². The lowest BCUT2D eigenvalue weighted by molar-refractivity contribution is -0.161. The minimum atomic E-state index is -4.95. The molecule has 4 unspecified atom stereocenters. The summed E-state index contributed by atoms with van der Waals surface area (Å²) in [6.07, 6.45) is 40.6. The maximum absolute atomic E-state index is 13.0. The van der Waals surface area contributed by atoms with Gasteiger partial charge in [0.25, 0.3) is 0 Å². The molecule has 0 aliphatic rings. The molecule has 0 bridgehead atoms. The molecule has 0 aliphatic heterocycles. The Hall–Kier alpha value is -1.94. The fourth-order valence-corrected chi connectivity index (χ4v) is 11.2. The van der Waals surface area contributed by atoms with Crippen molar-refractivity contribution in [1.82, 2.24) is 0 Å². The molecule has 0 aromatic rings. The SMILES string of the molecule is CCCCCCCCCCCCCCCCCCCC(=O)O[C@H](COC(=O)CCCCCCCCC(C)CC)COP(=O)(O)OC[C@@H](O)COP(=O)(O)OC[C@@H](COC(=O)CCCCCCCCC)OC(=O)CCCCCCCCC(C)CC. The Labute approximate surface area is 511 Å².